The first kappa shape index (κ1) is 23.0. The van der Waals surface area contributed by atoms with Gasteiger partial charge in [-0.3, -0.25) is 19.7 Å². The summed E-state index contributed by atoms with van der Waals surface area (Å²) in [4.78, 5) is 28.3. The molecule has 0 aliphatic carbocycles. The fourth-order valence-electron chi connectivity index (χ4n) is 4.19. The summed E-state index contributed by atoms with van der Waals surface area (Å²) in [6.07, 6.45) is -1.14. The molecule has 0 spiro atoms. The van der Waals surface area contributed by atoms with Gasteiger partial charge in [0.15, 0.2) is 0 Å². The molecule has 2 heterocycles. The number of nitrogens with zero attached hydrogens (tertiary/aromatic N) is 2. The van der Waals surface area contributed by atoms with Crippen LogP contribution < -0.4 is 5.48 Å². The molecule has 2 unspecified atom stereocenters. The number of hydroxylamine groups is 1. The Bertz CT molecular complexity index is 1080. The molecule has 0 aromatic heterocycles. The summed E-state index contributed by atoms with van der Waals surface area (Å²) in [6.45, 7) is 5.91. The quantitative estimate of drug-likeness (QED) is 0.359. The summed E-state index contributed by atoms with van der Waals surface area (Å²) in [6, 6.07) is 12.3. The number of carbonyl (C=O) groups excluding carboxylic acids is 2. The van der Waals surface area contributed by atoms with Gasteiger partial charge in [0.2, 0.25) is 0 Å². The average Bonchev–Trinajstić information content (AvgIpc) is 3.14. The van der Waals surface area contributed by atoms with Gasteiger partial charge in [-0.05, 0) is 48.4 Å². The van der Waals surface area contributed by atoms with Crippen LogP contribution in [0.5, 0.6) is 0 Å². The van der Waals surface area contributed by atoms with E-state index in [0.717, 1.165) is 49.5 Å². The molecule has 2 aliphatic rings. The monoisotopic (exact) mass is 449 g/mol. The van der Waals surface area contributed by atoms with Gasteiger partial charge >= 0.3 is 0 Å². The third-order valence-electron chi connectivity index (χ3n) is 5.92. The molecule has 0 radical (unpaired) electrons. The molecule has 33 heavy (non-hydrogen) atoms. The van der Waals surface area contributed by atoms with Gasteiger partial charge in [0.1, 0.15) is 6.04 Å². The predicted molar refractivity (Wildman–Crippen MR) is 120 cm³/mol. The van der Waals surface area contributed by atoms with Crippen molar-refractivity contribution in [3.05, 3.63) is 70.3 Å². The first-order chi connectivity index (χ1) is 16.0. The lowest BCUT2D eigenvalue weighted by molar-refractivity contribution is -0.137. The molecule has 0 saturated carbocycles. The Balaban J connectivity index is 1.45. The summed E-state index contributed by atoms with van der Waals surface area (Å²) in [5, 5.41) is 18.9. The second kappa shape index (κ2) is 10.1. The Kier molecular flexibility index (Phi) is 7.06. The molecular formula is C25H27N3O5. The van der Waals surface area contributed by atoms with Gasteiger partial charge in [-0.2, -0.15) is 0 Å². The van der Waals surface area contributed by atoms with Crippen molar-refractivity contribution in [2.24, 2.45) is 0 Å². The molecule has 1 fully saturated rings. The van der Waals surface area contributed by atoms with Gasteiger partial charge < -0.3 is 14.7 Å². The van der Waals surface area contributed by atoms with E-state index in [1.54, 1.807) is 12.1 Å². The maximum Gasteiger partial charge on any atom is 0.268 e. The van der Waals surface area contributed by atoms with Crippen molar-refractivity contribution in [3.8, 4) is 11.8 Å². The van der Waals surface area contributed by atoms with E-state index < -0.39 is 18.1 Å². The number of rotatable bonds is 5. The molecule has 0 bridgehead atoms. The summed E-state index contributed by atoms with van der Waals surface area (Å²) < 4.78 is 5.39. The van der Waals surface area contributed by atoms with E-state index in [2.05, 4.69) is 28.9 Å². The van der Waals surface area contributed by atoms with Crippen LogP contribution in [0.4, 0.5) is 0 Å². The number of carbonyl (C=O) groups is 2. The largest absolute Gasteiger partial charge is 0.391 e. The second-order valence-corrected chi connectivity index (χ2v) is 8.30. The van der Waals surface area contributed by atoms with Crippen molar-refractivity contribution in [3.63, 3.8) is 0 Å². The van der Waals surface area contributed by atoms with Gasteiger partial charge in [0.05, 0.1) is 19.3 Å². The molecule has 1 saturated heterocycles. The van der Waals surface area contributed by atoms with Crippen molar-refractivity contribution >= 4 is 11.8 Å². The molecule has 2 aromatic carbocycles. The number of nitrogens with one attached hydrogen (secondary N) is 1. The van der Waals surface area contributed by atoms with Crippen LogP contribution in [0.25, 0.3) is 0 Å². The van der Waals surface area contributed by atoms with Crippen LogP contribution in [0.1, 0.15) is 39.5 Å². The minimum atomic E-state index is -1.18. The molecule has 2 aromatic rings. The zero-order valence-corrected chi connectivity index (χ0v) is 18.5. The lowest BCUT2D eigenvalue weighted by Crippen LogP contribution is -2.52. The van der Waals surface area contributed by atoms with Crippen molar-refractivity contribution in [1.29, 1.82) is 0 Å². The van der Waals surface area contributed by atoms with E-state index in [0.29, 0.717) is 5.56 Å². The van der Waals surface area contributed by atoms with Crippen LogP contribution in [0, 0.1) is 11.8 Å². The number of aliphatic hydroxyl groups is 1. The van der Waals surface area contributed by atoms with E-state index in [1.165, 1.54) is 22.9 Å². The molecule has 2 aliphatic heterocycles. The van der Waals surface area contributed by atoms with Gasteiger partial charge in [-0.1, -0.05) is 24.0 Å². The first-order valence-corrected chi connectivity index (χ1v) is 10.9. The van der Waals surface area contributed by atoms with Crippen molar-refractivity contribution in [2.75, 3.05) is 26.3 Å². The first-order valence-electron chi connectivity index (χ1n) is 10.9. The third-order valence-corrected chi connectivity index (χ3v) is 5.92. The third kappa shape index (κ3) is 5.24. The van der Waals surface area contributed by atoms with Gasteiger partial charge in [-0.15, -0.1) is 0 Å². The van der Waals surface area contributed by atoms with E-state index in [9.17, 15) is 14.7 Å². The van der Waals surface area contributed by atoms with E-state index in [4.69, 9.17) is 9.94 Å². The van der Waals surface area contributed by atoms with Gasteiger partial charge in [0.25, 0.3) is 11.8 Å². The molecule has 2 atom stereocenters. The van der Waals surface area contributed by atoms with Crippen molar-refractivity contribution in [1.82, 2.24) is 15.3 Å². The van der Waals surface area contributed by atoms with Crippen LogP contribution in [0.3, 0.4) is 0 Å². The van der Waals surface area contributed by atoms with Crippen molar-refractivity contribution in [2.45, 2.75) is 32.2 Å². The minimum Gasteiger partial charge on any atom is -0.391 e. The fraction of sp³-hybridized carbons (Fsp3) is 0.360. The summed E-state index contributed by atoms with van der Waals surface area (Å²) >= 11 is 0. The standard InChI is InChI=1S/C25H27N3O5/c1-17(29)23(24(30)26-32)28-16-21-14-19(8-9-22(21)25(28)31)5-2-18-3-6-20(7-4-18)15-27-10-12-33-13-11-27/h3-4,6-9,14,17,23,29,32H,10-13,15-16H2,1H3,(H,26,30). The average molecular weight is 450 g/mol. The normalized spacial score (nSPS) is 17.7. The molecular weight excluding hydrogens is 422 g/mol. The maximum atomic E-state index is 12.7. The zero-order chi connectivity index (χ0) is 23.4. The number of amides is 2. The summed E-state index contributed by atoms with van der Waals surface area (Å²) in [5.74, 6) is 5.09. The highest BCUT2D eigenvalue weighted by Crippen LogP contribution is 2.27. The second-order valence-electron chi connectivity index (χ2n) is 8.30. The van der Waals surface area contributed by atoms with Crippen LogP contribution in [0.15, 0.2) is 42.5 Å². The highest BCUT2D eigenvalue weighted by molar-refractivity contribution is 6.01. The van der Waals surface area contributed by atoms with E-state index >= 15 is 0 Å². The molecule has 2 amide bonds. The Morgan fingerprint density at radius 1 is 1.12 bits per heavy atom. The number of ether oxygens (including phenoxy) is 1. The summed E-state index contributed by atoms with van der Waals surface area (Å²) in [7, 11) is 0. The Labute approximate surface area is 192 Å². The predicted octanol–water partition coefficient (Wildman–Crippen LogP) is 1.13. The van der Waals surface area contributed by atoms with Gasteiger partial charge in [0, 0.05) is 42.9 Å². The van der Waals surface area contributed by atoms with Gasteiger partial charge in [-0.25, -0.2) is 5.48 Å². The van der Waals surface area contributed by atoms with Crippen LogP contribution in [0.2, 0.25) is 0 Å². The Morgan fingerprint density at radius 2 is 1.79 bits per heavy atom. The fourth-order valence-corrected chi connectivity index (χ4v) is 4.19. The lowest BCUT2D eigenvalue weighted by Gasteiger charge is -2.27. The smallest absolute Gasteiger partial charge is 0.268 e. The maximum absolute atomic E-state index is 12.7. The minimum absolute atomic E-state index is 0.156. The topological polar surface area (TPSA) is 102 Å². The number of hydrogen-bond donors (Lipinski definition) is 3. The molecule has 8 nitrogen and oxygen atoms in total. The SMILES string of the molecule is CC(O)C(C(=O)NO)N1Cc2cc(C#Cc3ccc(CN4CCOCC4)cc3)ccc2C1=O. The molecule has 4 rings (SSSR count). The van der Waals surface area contributed by atoms with E-state index in [-0.39, 0.29) is 12.5 Å². The summed E-state index contributed by atoms with van der Waals surface area (Å²) in [5.41, 5.74) is 5.59. The number of aliphatic hydroxyl groups excluding tert-OH is 1. The number of benzene rings is 2. The van der Waals surface area contributed by atoms with Crippen LogP contribution in [-0.2, 0) is 22.6 Å². The van der Waals surface area contributed by atoms with Crippen molar-refractivity contribution < 1.29 is 24.6 Å². The van der Waals surface area contributed by atoms with Crippen LogP contribution in [-0.4, -0.2) is 70.4 Å². The number of hydrogen-bond acceptors (Lipinski definition) is 6. The highest BCUT2D eigenvalue weighted by Gasteiger charge is 2.38. The molecule has 3 N–H and O–H groups in total. The van der Waals surface area contributed by atoms with Crippen LogP contribution >= 0.6 is 0 Å². The Hall–Kier alpha value is -3.22. The highest BCUT2D eigenvalue weighted by atomic mass is 16.5. The van der Waals surface area contributed by atoms with E-state index in [1.807, 2.05) is 18.2 Å². The molecule has 172 valence electrons. The zero-order valence-electron chi connectivity index (χ0n) is 18.5. The number of fused-ring (bicyclic) bond motifs is 1. The number of morpholine rings is 1. The lowest BCUT2D eigenvalue weighted by atomic mass is 10.1. The Morgan fingerprint density at radius 3 is 2.45 bits per heavy atom. The molecule has 8 heteroatoms.